The molecule has 2 rings (SSSR count). The Morgan fingerprint density at radius 3 is 3.06 bits per heavy atom. The van der Waals surface area contributed by atoms with Crippen molar-refractivity contribution in [3.05, 3.63) is 34.2 Å². The molecule has 1 aliphatic heterocycles. The Balaban J connectivity index is 2.23. The number of nitrogens with two attached hydrogens (primary N) is 1. The van der Waals surface area contributed by atoms with Gasteiger partial charge in [0.1, 0.15) is 5.56 Å². The molecule has 2 heterocycles. The number of H-pyrrole nitrogens is 1. The van der Waals surface area contributed by atoms with E-state index in [0.717, 1.165) is 12.8 Å². The van der Waals surface area contributed by atoms with Crippen LogP contribution in [0.25, 0.3) is 0 Å². The van der Waals surface area contributed by atoms with E-state index in [2.05, 4.69) is 11.9 Å². The molecule has 2 atom stereocenters. The minimum absolute atomic E-state index is 0.0425. The molecule has 98 valence electrons. The fraction of sp³-hybridized carbons (Fsp3) is 0.538. The van der Waals surface area contributed by atoms with E-state index in [-0.39, 0.29) is 22.9 Å². The van der Waals surface area contributed by atoms with E-state index in [1.165, 1.54) is 18.5 Å². The summed E-state index contributed by atoms with van der Waals surface area (Å²) in [7, 11) is 0. The molecule has 5 nitrogen and oxygen atoms in total. The van der Waals surface area contributed by atoms with Gasteiger partial charge in [0.25, 0.3) is 5.91 Å². The van der Waals surface area contributed by atoms with Crippen molar-refractivity contribution in [3.63, 3.8) is 0 Å². The first kappa shape index (κ1) is 12.8. The molecule has 18 heavy (non-hydrogen) atoms. The predicted octanol–water partition coefficient (Wildman–Crippen LogP) is 0.574. The maximum atomic E-state index is 12.3. The fourth-order valence-corrected chi connectivity index (χ4v) is 2.48. The highest BCUT2D eigenvalue weighted by atomic mass is 16.2. The Hall–Kier alpha value is -1.62. The number of piperidine rings is 1. The SMILES string of the molecule is CC1CCN(C(=O)c2c[nH]ccc2=O)C(CN)C1. The van der Waals surface area contributed by atoms with Gasteiger partial charge in [-0.25, -0.2) is 0 Å². The summed E-state index contributed by atoms with van der Waals surface area (Å²) in [6.45, 7) is 3.29. The first-order chi connectivity index (χ1) is 8.63. The number of rotatable bonds is 2. The summed E-state index contributed by atoms with van der Waals surface area (Å²) < 4.78 is 0. The largest absolute Gasteiger partial charge is 0.367 e. The van der Waals surface area contributed by atoms with Gasteiger partial charge in [0.2, 0.25) is 0 Å². The molecule has 0 bridgehead atoms. The Morgan fingerprint density at radius 1 is 1.61 bits per heavy atom. The third-order valence-corrected chi connectivity index (χ3v) is 3.57. The fourth-order valence-electron chi connectivity index (χ4n) is 2.48. The maximum Gasteiger partial charge on any atom is 0.259 e. The zero-order valence-corrected chi connectivity index (χ0v) is 10.6. The summed E-state index contributed by atoms with van der Waals surface area (Å²) in [4.78, 5) is 28.5. The number of likely N-dealkylation sites (tertiary alicyclic amines) is 1. The van der Waals surface area contributed by atoms with Crippen molar-refractivity contribution < 1.29 is 4.79 Å². The van der Waals surface area contributed by atoms with Crippen molar-refractivity contribution in [2.45, 2.75) is 25.8 Å². The highest BCUT2D eigenvalue weighted by molar-refractivity contribution is 5.94. The predicted molar refractivity (Wildman–Crippen MR) is 69.3 cm³/mol. The number of nitrogens with zero attached hydrogens (tertiary/aromatic N) is 1. The van der Waals surface area contributed by atoms with Crippen molar-refractivity contribution >= 4 is 5.91 Å². The van der Waals surface area contributed by atoms with Crippen molar-refractivity contribution in [1.82, 2.24) is 9.88 Å². The first-order valence-corrected chi connectivity index (χ1v) is 6.31. The van der Waals surface area contributed by atoms with Crippen LogP contribution in [0.15, 0.2) is 23.3 Å². The minimum atomic E-state index is -0.242. The second-order valence-electron chi connectivity index (χ2n) is 4.94. The van der Waals surface area contributed by atoms with Gasteiger partial charge in [-0.2, -0.15) is 0 Å². The summed E-state index contributed by atoms with van der Waals surface area (Å²) in [6.07, 6.45) is 4.87. The van der Waals surface area contributed by atoms with Crippen LogP contribution in [0.5, 0.6) is 0 Å². The molecule has 1 aromatic rings. The number of hydrogen-bond donors (Lipinski definition) is 2. The van der Waals surface area contributed by atoms with E-state index in [1.54, 1.807) is 4.90 Å². The molecule has 0 aromatic carbocycles. The van der Waals surface area contributed by atoms with Gasteiger partial charge in [0.15, 0.2) is 5.43 Å². The van der Waals surface area contributed by atoms with Crippen molar-refractivity contribution in [1.29, 1.82) is 0 Å². The average Bonchev–Trinajstić information content (AvgIpc) is 2.38. The number of amides is 1. The monoisotopic (exact) mass is 249 g/mol. The number of aromatic nitrogens is 1. The van der Waals surface area contributed by atoms with Gasteiger partial charge in [0, 0.05) is 37.6 Å². The molecule has 5 heteroatoms. The van der Waals surface area contributed by atoms with Crippen LogP contribution in [0.3, 0.4) is 0 Å². The van der Waals surface area contributed by atoms with Gasteiger partial charge in [-0.3, -0.25) is 9.59 Å². The standard InChI is InChI=1S/C13H19N3O2/c1-9-3-5-16(10(6-9)7-14)13(18)11-8-15-4-2-12(11)17/h2,4,8-10H,3,5-7,14H2,1H3,(H,15,17). The van der Waals surface area contributed by atoms with E-state index in [9.17, 15) is 9.59 Å². The third-order valence-electron chi connectivity index (χ3n) is 3.57. The van der Waals surface area contributed by atoms with E-state index in [0.29, 0.717) is 19.0 Å². The van der Waals surface area contributed by atoms with Gasteiger partial charge >= 0.3 is 0 Å². The molecule has 1 fully saturated rings. The second-order valence-corrected chi connectivity index (χ2v) is 4.94. The molecule has 1 saturated heterocycles. The lowest BCUT2D eigenvalue weighted by atomic mass is 9.92. The van der Waals surface area contributed by atoms with Gasteiger partial charge in [0.05, 0.1) is 0 Å². The van der Waals surface area contributed by atoms with Crippen molar-refractivity contribution in [2.24, 2.45) is 11.7 Å². The lowest BCUT2D eigenvalue weighted by Crippen LogP contribution is -2.50. The smallest absolute Gasteiger partial charge is 0.259 e. The minimum Gasteiger partial charge on any atom is -0.367 e. The molecule has 0 radical (unpaired) electrons. The van der Waals surface area contributed by atoms with Crippen molar-refractivity contribution in [2.75, 3.05) is 13.1 Å². The molecule has 3 N–H and O–H groups in total. The van der Waals surface area contributed by atoms with Crippen LogP contribution < -0.4 is 11.2 Å². The quantitative estimate of drug-likeness (QED) is 0.804. The van der Waals surface area contributed by atoms with E-state index in [1.807, 2.05) is 0 Å². The van der Waals surface area contributed by atoms with Gasteiger partial charge in [-0.15, -0.1) is 0 Å². The van der Waals surface area contributed by atoms with Crippen LogP contribution >= 0.6 is 0 Å². The Bertz CT molecular complexity index is 483. The Kier molecular flexibility index (Phi) is 3.81. The summed E-state index contributed by atoms with van der Waals surface area (Å²) >= 11 is 0. The molecule has 1 amide bonds. The molecular weight excluding hydrogens is 230 g/mol. The Morgan fingerprint density at radius 2 is 2.39 bits per heavy atom. The van der Waals surface area contributed by atoms with Crippen LogP contribution in [0.1, 0.15) is 30.1 Å². The molecular formula is C13H19N3O2. The average molecular weight is 249 g/mol. The summed E-state index contributed by atoms with van der Waals surface area (Å²) in [5.41, 5.74) is 5.69. The van der Waals surface area contributed by atoms with Crippen LogP contribution in [-0.4, -0.2) is 34.9 Å². The summed E-state index contributed by atoms with van der Waals surface area (Å²) in [5.74, 6) is 0.371. The summed E-state index contributed by atoms with van der Waals surface area (Å²) in [5, 5.41) is 0. The first-order valence-electron chi connectivity index (χ1n) is 6.31. The number of pyridine rings is 1. The van der Waals surface area contributed by atoms with Crippen LogP contribution in [-0.2, 0) is 0 Å². The Labute approximate surface area is 106 Å². The molecule has 1 aliphatic rings. The van der Waals surface area contributed by atoms with Crippen LogP contribution in [0, 0.1) is 5.92 Å². The number of nitrogens with one attached hydrogen (secondary N) is 1. The lowest BCUT2D eigenvalue weighted by Gasteiger charge is -2.37. The second kappa shape index (κ2) is 5.35. The molecule has 0 saturated carbocycles. The normalized spacial score (nSPS) is 24.0. The van der Waals surface area contributed by atoms with Gasteiger partial charge in [-0.1, -0.05) is 6.92 Å². The van der Waals surface area contributed by atoms with Crippen LogP contribution in [0.2, 0.25) is 0 Å². The topological polar surface area (TPSA) is 79.2 Å². The molecule has 2 unspecified atom stereocenters. The highest BCUT2D eigenvalue weighted by Gasteiger charge is 2.30. The summed E-state index contributed by atoms with van der Waals surface area (Å²) in [6, 6.07) is 1.41. The number of aromatic amines is 1. The van der Waals surface area contributed by atoms with Gasteiger partial charge in [-0.05, 0) is 18.8 Å². The van der Waals surface area contributed by atoms with E-state index in [4.69, 9.17) is 5.73 Å². The van der Waals surface area contributed by atoms with Gasteiger partial charge < -0.3 is 15.6 Å². The van der Waals surface area contributed by atoms with E-state index < -0.39 is 0 Å². The molecule has 1 aromatic heterocycles. The van der Waals surface area contributed by atoms with Crippen molar-refractivity contribution in [3.8, 4) is 0 Å². The highest BCUT2D eigenvalue weighted by Crippen LogP contribution is 2.22. The number of hydrogen-bond acceptors (Lipinski definition) is 3. The number of carbonyl (C=O) groups excluding carboxylic acids is 1. The zero-order valence-electron chi connectivity index (χ0n) is 10.6. The van der Waals surface area contributed by atoms with E-state index >= 15 is 0 Å². The zero-order chi connectivity index (χ0) is 13.1. The van der Waals surface area contributed by atoms with Crippen LogP contribution in [0.4, 0.5) is 0 Å². The lowest BCUT2D eigenvalue weighted by molar-refractivity contribution is 0.0572. The maximum absolute atomic E-state index is 12.3. The number of carbonyl (C=O) groups is 1. The third kappa shape index (κ3) is 2.46. The molecule has 0 aliphatic carbocycles. The molecule has 0 spiro atoms.